The zero-order chi connectivity index (χ0) is 20.1. The van der Waals surface area contributed by atoms with Crippen molar-refractivity contribution >= 4 is 27.8 Å². The molecule has 146 valence electrons. The highest BCUT2D eigenvalue weighted by Crippen LogP contribution is 2.63. The molecule has 0 aromatic heterocycles. The Morgan fingerprint density at radius 2 is 1.21 bits per heavy atom. The van der Waals surface area contributed by atoms with Crippen LogP contribution in [-0.2, 0) is 10.8 Å². The summed E-state index contributed by atoms with van der Waals surface area (Å²) in [5.74, 6) is 0. The Labute approximate surface area is 181 Å². The molecule has 2 bridgehead atoms. The molecule has 0 radical (unpaired) electrons. The summed E-state index contributed by atoms with van der Waals surface area (Å²) in [7, 11) is 3.85. The Kier molecular flexibility index (Phi) is 4.64. The minimum atomic E-state index is -0.135. The van der Waals surface area contributed by atoms with Gasteiger partial charge in [-0.25, -0.2) is 0 Å². The fourth-order valence-corrected chi connectivity index (χ4v) is 8.11. The van der Waals surface area contributed by atoms with Crippen LogP contribution in [0.5, 0.6) is 0 Å². The van der Waals surface area contributed by atoms with Crippen molar-refractivity contribution in [3.05, 3.63) is 107 Å². The molecule has 1 nitrogen and oxygen atoms in total. The fourth-order valence-electron chi connectivity index (χ4n) is 5.50. The molecule has 3 aromatic rings. The Balaban J connectivity index is 1.77. The number of hydrogen-bond acceptors (Lipinski definition) is 3. The first-order chi connectivity index (χ1) is 14.1. The lowest BCUT2D eigenvalue weighted by Crippen LogP contribution is -2.62. The number of nitrogens with zero attached hydrogens (tertiary/aromatic N) is 1. The van der Waals surface area contributed by atoms with Crippen molar-refractivity contribution in [2.75, 3.05) is 6.26 Å². The van der Waals surface area contributed by atoms with Crippen molar-refractivity contribution in [3.63, 3.8) is 0 Å². The van der Waals surface area contributed by atoms with Gasteiger partial charge in [0.2, 0.25) is 0 Å². The monoisotopic (exact) mass is 415 g/mol. The van der Waals surface area contributed by atoms with E-state index in [4.69, 9.17) is 4.99 Å². The second-order valence-electron chi connectivity index (χ2n) is 8.31. The van der Waals surface area contributed by atoms with E-state index in [1.54, 1.807) is 0 Å². The van der Waals surface area contributed by atoms with Crippen LogP contribution in [-0.4, -0.2) is 23.8 Å². The van der Waals surface area contributed by atoms with Crippen LogP contribution < -0.4 is 0 Å². The topological polar surface area (TPSA) is 12.4 Å². The van der Waals surface area contributed by atoms with Crippen molar-refractivity contribution in [1.82, 2.24) is 0 Å². The highest BCUT2D eigenvalue weighted by atomic mass is 33.1. The van der Waals surface area contributed by atoms with Crippen molar-refractivity contribution in [1.29, 1.82) is 0 Å². The van der Waals surface area contributed by atoms with Crippen molar-refractivity contribution in [2.24, 2.45) is 4.99 Å². The first-order valence-corrected chi connectivity index (χ1v) is 12.7. The molecule has 29 heavy (non-hydrogen) atoms. The van der Waals surface area contributed by atoms with Gasteiger partial charge in [-0.3, -0.25) is 4.99 Å². The van der Waals surface area contributed by atoms with Gasteiger partial charge in [0.1, 0.15) is 0 Å². The minimum absolute atomic E-state index is 0.0582. The maximum Gasteiger partial charge on any atom is 0.0773 e. The molecule has 0 fully saturated rings. The highest BCUT2D eigenvalue weighted by Gasteiger charge is 2.62. The molecule has 0 aliphatic heterocycles. The standard InChI is InChI=1S/C26H25NS2/c1-25-19-13-7-9-15-21(19)26(2,22-16-10-8-14-20(22)25)24(29-28-3)23(25)27-17-18-11-5-4-6-12-18/h4-17,23-24H,1-3H3/t23-,24+,25?,26?/m1/s1. The van der Waals surface area contributed by atoms with E-state index in [-0.39, 0.29) is 16.9 Å². The first kappa shape index (κ1) is 19.0. The van der Waals surface area contributed by atoms with E-state index in [2.05, 4.69) is 105 Å². The third-order valence-corrected chi connectivity index (χ3v) is 9.25. The van der Waals surface area contributed by atoms with Gasteiger partial charge >= 0.3 is 0 Å². The van der Waals surface area contributed by atoms with Gasteiger partial charge in [0.05, 0.1) is 11.3 Å². The van der Waals surface area contributed by atoms with Crippen LogP contribution in [0.15, 0.2) is 83.9 Å². The van der Waals surface area contributed by atoms with E-state index in [1.807, 2.05) is 21.6 Å². The third kappa shape index (κ3) is 2.60. The van der Waals surface area contributed by atoms with Crippen molar-refractivity contribution < 1.29 is 0 Å². The summed E-state index contributed by atoms with van der Waals surface area (Å²) in [6.07, 6.45) is 4.27. The molecule has 0 unspecified atom stereocenters. The molecule has 3 aliphatic rings. The summed E-state index contributed by atoms with van der Waals surface area (Å²) in [6.45, 7) is 4.84. The maximum absolute atomic E-state index is 5.29. The average molecular weight is 416 g/mol. The van der Waals surface area contributed by atoms with Crippen LogP contribution in [0.3, 0.4) is 0 Å². The number of hydrogen-bond donors (Lipinski definition) is 0. The molecule has 3 heteroatoms. The maximum atomic E-state index is 5.29. The molecule has 0 heterocycles. The zero-order valence-electron chi connectivity index (χ0n) is 17.0. The highest BCUT2D eigenvalue weighted by molar-refractivity contribution is 8.76. The number of fused-ring (bicyclic) bond motifs is 1. The summed E-state index contributed by atoms with van der Waals surface area (Å²) in [5.41, 5.74) is 6.79. The zero-order valence-corrected chi connectivity index (χ0v) is 18.6. The summed E-state index contributed by atoms with van der Waals surface area (Å²) < 4.78 is 0. The molecule has 2 atom stereocenters. The van der Waals surface area contributed by atoms with Crippen molar-refractivity contribution in [3.8, 4) is 0 Å². The van der Waals surface area contributed by atoms with E-state index >= 15 is 0 Å². The lowest BCUT2D eigenvalue weighted by atomic mass is 9.48. The summed E-state index contributed by atoms with van der Waals surface area (Å²) >= 11 is 0. The van der Waals surface area contributed by atoms with Gasteiger partial charge in [0, 0.05) is 17.0 Å². The number of aliphatic imine (C=N–C) groups is 1. The molecular weight excluding hydrogens is 390 g/mol. The second kappa shape index (κ2) is 7.07. The molecule has 0 amide bonds. The van der Waals surface area contributed by atoms with Crippen LogP contribution in [0.25, 0.3) is 0 Å². The smallest absolute Gasteiger partial charge is 0.0773 e. The average Bonchev–Trinajstić information content (AvgIpc) is 2.77. The SMILES string of the molecule is CSS[C@H]1[C@@H](N=Cc2ccccc2)C2(C)c3ccccc3C1(C)c1ccccc12. The van der Waals surface area contributed by atoms with Gasteiger partial charge < -0.3 is 0 Å². The van der Waals surface area contributed by atoms with Gasteiger partial charge in [-0.1, -0.05) is 107 Å². The fraction of sp³-hybridized carbons (Fsp3) is 0.269. The normalized spacial score (nSPS) is 29.6. The molecule has 3 aromatic carbocycles. The minimum Gasteiger partial charge on any atom is -0.287 e. The number of benzene rings is 3. The van der Waals surface area contributed by atoms with Crippen LogP contribution in [0.2, 0.25) is 0 Å². The van der Waals surface area contributed by atoms with E-state index in [9.17, 15) is 0 Å². The molecule has 0 saturated carbocycles. The Hall–Kier alpha value is -1.97. The van der Waals surface area contributed by atoms with Gasteiger partial charge in [-0.2, -0.15) is 0 Å². The Morgan fingerprint density at radius 1 is 0.724 bits per heavy atom. The van der Waals surface area contributed by atoms with Crippen LogP contribution >= 0.6 is 21.6 Å². The molecule has 0 N–H and O–H groups in total. The van der Waals surface area contributed by atoms with E-state index in [1.165, 1.54) is 22.3 Å². The van der Waals surface area contributed by atoms with E-state index in [0.29, 0.717) is 5.25 Å². The molecule has 0 saturated heterocycles. The van der Waals surface area contributed by atoms with Crippen LogP contribution in [0.4, 0.5) is 0 Å². The quantitative estimate of drug-likeness (QED) is 0.356. The second-order valence-corrected chi connectivity index (χ2v) is 10.9. The van der Waals surface area contributed by atoms with Crippen LogP contribution in [0.1, 0.15) is 41.7 Å². The van der Waals surface area contributed by atoms with Gasteiger partial charge in [0.25, 0.3) is 0 Å². The third-order valence-electron chi connectivity index (χ3n) is 6.92. The van der Waals surface area contributed by atoms with Gasteiger partial charge in [-0.05, 0) is 41.0 Å². The first-order valence-electron chi connectivity index (χ1n) is 10.1. The number of rotatable bonds is 4. The lowest BCUT2D eigenvalue weighted by Gasteiger charge is -2.60. The van der Waals surface area contributed by atoms with Crippen LogP contribution in [0, 0.1) is 0 Å². The molecule has 3 aliphatic carbocycles. The molecular formula is C26H25NS2. The summed E-state index contributed by atoms with van der Waals surface area (Å²) in [6, 6.07) is 28.8. The van der Waals surface area contributed by atoms with Crippen molar-refractivity contribution in [2.45, 2.75) is 36.0 Å². The van der Waals surface area contributed by atoms with Gasteiger partial charge in [-0.15, -0.1) is 0 Å². The van der Waals surface area contributed by atoms with E-state index in [0.717, 1.165) is 5.56 Å². The molecule has 6 rings (SSSR count). The predicted octanol–water partition coefficient (Wildman–Crippen LogP) is 6.49. The summed E-state index contributed by atoms with van der Waals surface area (Å²) in [4.78, 5) is 5.29. The van der Waals surface area contributed by atoms with Gasteiger partial charge in [0.15, 0.2) is 0 Å². The molecule has 0 spiro atoms. The Bertz CT molecular complexity index is 1030. The largest absolute Gasteiger partial charge is 0.287 e. The predicted molar refractivity (Wildman–Crippen MR) is 129 cm³/mol. The van der Waals surface area contributed by atoms with E-state index < -0.39 is 0 Å². The summed E-state index contributed by atoms with van der Waals surface area (Å²) in [5, 5.41) is 0.368. The lowest BCUT2D eigenvalue weighted by molar-refractivity contribution is 0.295. The Morgan fingerprint density at radius 3 is 1.72 bits per heavy atom.